The Hall–Kier alpha value is -1.63. The summed E-state index contributed by atoms with van der Waals surface area (Å²) in [7, 11) is 0. The Labute approximate surface area is 140 Å². The first-order valence-electron chi connectivity index (χ1n) is 6.43. The summed E-state index contributed by atoms with van der Waals surface area (Å²) in [5, 5.41) is 0.544. The fraction of sp³-hybridized carbons (Fsp3) is 0.200. The van der Waals surface area contributed by atoms with Crippen molar-refractivity contribution in [2.75, 3.05) is 6.79 Å². The molecule has 22 heavy (non-hydrogen) atoms. The first-order valence-corrected chi connectivity index (χ1v) is 7.60. The lowest BCUT2D eigenvalue weighted by atomic mass is 10.1. The summed E-state index contributed by atoms with van der Waals surface area (Å²) in [6.07, 6.45) is 3.04. The van der Waals surface area contributed by atoms with Crippen LogP contribution >= 0.6 is 27.5 Å². The lowest BCUT2D eigenvalue weighted by molar-refractivity contribution is -0.0180. The highest BCUT2D eigenvalue weighted by molar-refractivity contribution is 9.10. The third kappa shape index (κ3) is 3.40. The largest absolute Gasteiger partial charge is 0.467 e. The second kappa shape index (κ2) is 6.64. The molecule has 0 amide bonds. The van der Waals surface area contributed by atoms with Crippen LogP contribution in [0.15, 0.2) is 35.1 Å². The molecule has 1 aliphatic heterocycles. The number of pyridine rings is 1. The van der Waals surface area contributed by atoms with Crippen molar-refractivity contribution in [1.29, 1.82) is 0 Å². The minimum absolute atomic E-state index is 0.0637. The monoisotopic (exact) mass is 383 g/mol. The van der Waals surface area contributed by atoms with Crippen LogP contribution in [0.4, 0.5) is 0 Å². The summed E-state index contributed by atoms with van der Waals surface area (Å²) >= 11 is 9.33. The molecule has 0 radical (unpaired) electrons. The van der Waals surface area contributed by atoms with Gasteiger partial charge in [-0.05, 0) is 34.1 Å². The number of halogens is 2. The highest BCUT2D eigenvalue weighted by atomic mass is 79.9. The molecule has 1 aliphatic rings. The highest BCUT2D eigenvalue weighted by Crippen LogP contribution is 2.32. The van der Waals surface area contributed by atoms with E-state index in [9.17, 15) is 4.79 Å². The zero-order valence-corrected chi connectivity index (χ0v) is 13.7. The summed E-state index contributed by atoms with van der Waals surface area (Å²) in [6, 6.07) is 5.14. The fourth-order valence-corrected chi connectivity index (χ4v) is 2.74. The number of carbonyl (C=O) groups excluding carboxylic acids is 1. The molecule has 0 unspecified atom stereocenters. The Morgan fingerprint density at radius 2 is 2.23 bits per heavy atom. The molecule has 114 valence electrons. The predicted molar refractivity (Wildman–Crippen MR) is 82.8 cm³/mol. The molecule has 0 spiro atoms. The number of rotatable bonds is 3. The smallest absolute Gasteiger partial charge is 0.340 e. The summed E-state index contributed by atoms with van der Waals surface area (Å²) in [6.45, 7) is 0.658. The average Bonchev–Trinajstić information content (AvgIpc) is 2.52. The van der Waals surface area contributed by atoms with Crippen LogP contribution in [-0.4, -0.2) is 17.7 Å². The van der Waals surface area contributed by atoms with Crippen molar-refractivity contribution in [2.45, 2.75) is 13.2 Å². The summed E-state index contributed by atoms with van der Waals surface area (Å²) in [4.78, 5) is 16.0. The molecule has 0 aliphatic carbocycles. The number of hydrogen-bond donors (Lipinski definition) is 0. The number of nitrogens with zero attached hydrogens (tertiary/aromatic N) is 1. The van der Waals surface area contributed by atoms with Crippen molar-refractivity contribution in [2.24, 2.45) is 0 Å². The number of hydrogen-bond acceptors (Lipinski definition) is 5. The molecule has 1 aromatic heterocycles. The van der Waals surface area contributed by atoms with Crippen LogP contribution in [0, 0.1) is 0 Å². The van der Waals surface area contributed by atoms with Crippen molar-refractivity contribution < 1.29 is 19.0 Å². The van der Waals surface area contributed by atoms with Gasteiger partial charge >= 0.3 is 5.97 Å². The molecule has 2 aromatic rings. The Morgan fingerprint density at radius 1 is 1.36 bits per heavy atom. The first-order chi connectivity index (χ1) is 10.6. The minimum atomic E-state index is -0.463. The van der Waals surface area contributed by atoms with Gasteiger partial charge in [0, 0.05) is 33.0 Å². The van der Waals surface area contributed by atoms with Gasteiger partial charge in [-0.15, -0.1) is 0 Å². The third-order valence-corrected chi connectivity index (χ3v) is 3.70. The van der Waals surface area contributed by atoms with Crippen LogP contribution in [0.2, 0.25) is 5.02 Å². The van der Waals surface area contributed by atoms with Crippen molar-refractivity contribution in [3.8, 4) is 5.75 Å². The van der Waals surface area contributed by atoms with Gasteiger partial charge in [0.2, 0.25) is 0 Å². The first kappa shape index (κ1) is 15.3. The topological polar surface area (TPSA) is 57.7 Å². The molecule has 5 nitrogen and oxygen atoms in total. The molecule has 7 heteroatoms. The molecular formula is C15H11BrClNO4. The lowest BCUT2D eigenvalue weighted by Crippen LogP contribution is -2.14. The van der Waals surface area contributed by atoms with E-state index in [2.05, 4.69) is 20.9 Å². The Morgan fingerprint density at radius 3 is 3.05 bits per heavy atom. The van der Waals surface area contributed by atoms with Gasteiger partial charge in [0.25, 0.3) is 0 Å². The molecule has 1 aromatic carbocycles. The van der Waals surface area contributed by atoms with Gasteiger partial charge < -0.3 is 14.2 Å². The lowest BCUT2D eigenvalue weighted by Gasteiger charge is -2.21. The third-order valence-electron chi connectivity index (χ3n) is 3.05. The van der Waals surface area contributed by atoms with E-state index >= 15 is 0 Å². The van der Waals surface area contributed by atoms with E-state index in [0.717, 1.165) is 5.56 Å². The number of fused-ring (bicyclic) bond motifs is 1. The number of benzene rings is 1. The van der Waals surface area contributed by atoms with Crippen molar-refractivity contribution >= 4 is 33.5 Å². The zero-order valence-electron chi connectivity index (χ0n) is 11.3. The van der Waals surface area contributed by atoms with E-state index in [0.29, 0.717) is 33.0 Å². The average molecular weight is 385 g/mol. The van der Waals surface area contributed by atoms with Crippen molar-refractivity contribution in [3.63, 3.8) is 0 Å². The van der Waals surface area contributed by atoms with Crippen LogP contribution in [0.25, 0.3) is 0 Å². The number of ether oxygens (including phenoxy) is 3. The maximum atomic E-state index is 12.0. The van der Waals surface area contributed by atoms with Gasteiger partial charge in [-0.25, -0.2) is 4.79 Å². The molecule has 0 saturated heterocycles. The molecule has 0 atom stereocenters. The van der Waals surface area contributed by atoms with E-state index in [-0.39, 0.29) is 13.4 Å². The quantitative estimate of drug-likeness (QED) is 0.755. The van der Waals surface area contributed by atoms with E-state index < -0.39 is 5.97 Å². The fourth-order valence-electron chi connectivity index (χ4n) is 2.11. The van der Waals surface area contributed by atoms with Crippen LogP contribution < -0.4 is 4.74 Å². The molecule has 3 rings (SSSR count). The second-order valence-corrected chi connectivity index (χ2v) is 5.98. The molecular weight excluding hydrogens is 374 g/mol. The zero-order chi connectivity index (χ0) is 15.5. The van der Waals surface area contributed by atoms with Crippen molar-refractivity contribution in [3.05, 3.63) is 56.8 Å². The van der Waals surface area contributed by atoms with Gasteiger partial charge in [0.05, 0.1) is 12.2 Å². The molecule has 0 fully saturated rings. The Kier molecular flexibility index (Phi) is 4.61. The van der Waals surface area contributed by atoms with Gasteiger partial charge in [-0.3, -0.25) is 4.98 Å². The standard InChI is InChI=1S/C15H11BrClNO4/c16-12-1-9(4-18-5-12)15(19)21-7-11-3-13(17)2-10-6-20-8-22-14(10)11/h1-5H,6-8H2. The Bertz CT molecular complexity index is 723. The molecule has 2 heterocycles. The van der Waals surface area contributed by atoms with Gasteiger partial charge in [0.15, 0.2) is 6.79 Å². The second-order valence-electron chi connectivity index (χ2n) is 4.63. The summed E-state index contributed by atoms with van der Waals surface area (Å²) < 4.78 is 16.7. The van der Waals surface area contributed by atoms with Gasteiger partial charge in [-0.2, -0.15) is 0 Å². The van der Waals surface area contributed by atoms with Crippen LogP contribution in [0.5, 0.6) is 5.75 Å². The maximum Gasteiger partial charge on any atom is 0.340 e. The Balaban J connectivity index is 1.76. The van der Waals surface area contributed by atoms with Crippen molar-refractivity contribution in [1.82, 2.24) is 4.98 Å². The van der Waals surface area contributed by atoms with Gasteiger partial charge in [-0.1, -0.05) is 11.6 Å². The number of esters is 1. The van der Waals surface area contributed by atoms with E-state index in [1.165, 1.54) is 6.20 Å². The number of carbonyl (C=O) groups is 1. The molecule has 0 N–H and O–H groups in total. The van der Waals surface area contributed by atoms with Crippen LogP contribution in [0.3, 0.4) is 0 Å². The maximum absolute atomic E-state index is 12.0. The van der Waals surface area contributed by atoms with E-state index in [1.807, 2.05) is 0 Å². The number of aromatic nitrogens is 1. The highest BCUT2D eigenvalue weighted by Gasteiger charge is 2.18. The minimum Gasteiger partial charge on any atom is -0.467 e. The van der Waals surface area contributed by atoms with E-state index in [1.54, 1.807) is 24.4 Å². The normalized spacial score (nSPS) is 13.2. The van der Waals surface area contributed by atoms with E-state index in [4.69, 9.17) is 25.8 Å². The van der Waals surface area contributed by atoms with Crippen LogP contribution in [0.1, 0.15) is 21.5 Å². The molecule has 0 bridgehead atoms. The van der Waals surface area contributed by atoms with Gasteiger partial charge in [0.1, 0.15) is 12.4 Å². The van der Waals surface area contributed by atoms with Crippen LogP contribution in [-0.2, 0) is 22.7 Å². The summed E-state index contributed by atoms with van der Waals surface area (Å²) in [5.74, 6) is 0.199. The molecule has 0 saturated carbocycles. The SMILES string of the molecule is O=C(OCc1cc(Cl)cc2c1OCOC2)c1cncc(Br)c1. The predicted octanol–water partition coefficient (Wildman–Crippen LogP) is 3.72. The summed E-state index contributed by atoms with van der Waals surface area (Å²) in [5.41, 5.74) is 1.92.